The third kappa shape index (κ3) is 6.01. The molecule has 1 aromatic carbocycles. The summed E-state index contributed by atoms with van der Waals surface area (Å²) >= 11 is 0. The molecule has 1 aromatic rings. The Morgan fingerprint density at radius 1 is 1.11 bits per heavy atom. The van der Waals surface area contributed by atoms with E-state index in [1.54, 1.807) is 12.1 Å². The van der Waals surface area contributed by atoms with E-state index in [0.717, 1.165) is 18.6 Å². The Morgan fingerprint density at radius 2 is 1.83 bits per heavy atom. The van der Waals surface area contributed by atoms with E-state index in [2.05, 4.69) is 6.92 Å². The van der Waals surface area contributed by atoms with Crippen LogP contribution >= 0.6 is 0 Å². The van der Waals surface area contributed by atoms with E-state index in [1.165, 1.54) is 38.2 Å². The molecule has 0 aromatic heterocycles. The summed E-state index contributed by atoms with van der Waals surface area (Å²) in [4.78, 5) is 0. The van der Waals surface area contributed by atoms with E-state index < -0.39 is 0 Å². The maximum absolute atomic E-state index is 13.1. The van der Waals surface area contributed by atoms with E-state index in [9.17, 15) is 4.39 Å². The molecule has 0 spiro atoms. The highest BCUT2D eigenvalue weighted by Gasteiger charge is 2.00. The van der Waals surface area contributed by atoms with Crippen molar-refractivity contribution in [3.8, 4) is 0 Å². The average molecular weight is 253 g/mol. The van der Waals surface area contributed by atoms with Gasteiger partial charge in [0.05, 0.1) is 12.3 Å². The Hall–Kier alpha value is -1.09. The van der Waals surface area contributed by atoms with Gasteiger partial charge in [0.15, 0.2) is 0 Å². The summed E-state index contributed by atoms with van der Waals surface area (Å²) in [6, 6.07) is 4.83. The van der Waals surface area contributed by atoms with Crippen molar-refractivity contribution in [1.29, 1.82) is 0 Å². The standard InChI is InChI=1S/C15H24FNO/c1-2-3-4-5-6-7-10-18-12-13-8-9-15(17)14(16)11-13/h8-9,11H,2-7,10,12,17H2,1H3. The minimum atomic E-state index is -0.365. The van der Waals surface area contributed by atoms with Gasteiger partial charge < -0.3 is 10.5 Å². The lowest BCUT2D eigenvalue weighted by molar-refractivity contribution is 0.116. The van der Waals surface area contributed by atoms with Gasteiger partial charge in [0.1, 0.15) is 5.82 Å². The average Bonchev–Trinajstić information content (AvgIpc) is 2.37. The first-order valence-corrected chi connectivity index (χ1v) is 6.85. The molecule has 102 valence electrons. The molecule has 1 rings (SSSR count). The third-order valence-electron chi connectivity index (χ3n) is 2.98. The normalized spacial score (nSPS) is 10.8. The van der Waals surface area contributed by atoms with Gasteiger partial charge in [-0.05, 0) is 24.1 Å². The van der Waals surface area contributed by atoms with Crippen LogP contribution in [0.15, 0.2) is 18.2 Å². The summed E-state index contributed by atoms with van der Waals surface area (Å²) in [5.41, 5.74) is 6.44. The summed E-state index contributed by atoms with van der Waals surface area (Å²) in [6.45, 7) is 3.43. The number of halogens is 1. The lowest BCUT2D eigenvalue weighted by Crippen LogP contribution is -1.98. The maximum Gasteiger partial charge on any atom is 0.146 e. The predicted octanol–water partition coefficient (Wildman–Crippen LogP) is 4.29. The van der Waals surface area contributed by atoms with Crippen LogP contribution < -0.4 is 5.73 Å². The van der Waals surface area contributed by atoms with E-state index in [1.807, 2.05) is 0 Å². The van der Waals surface area contributed by atoms with Gasteiger partial charge in [0.25, 0.3) is 0 Å². The summed E-state index contributed by atoms with van der Waals surface area (Å²) in [5, 5.41) is 0. The quantitative estimate of drug-likeness (QED) is 0.526. The summed E-state index contributed by atoms with van der Waals surface area (Å²) in [7, 11) is 0. The second-order valence-electron chi connectivity index (χ2n) is 4.68. The molecule has 0 saturated heterocycles. The second kappa shape index (κ2) is 8.92. The van der Waals surface area contributed by atoms with Crippen molar-refractivity contribution in [3.63, 3.8) is 0 Å². The Morgan fingerprint density at radius 3 is 2.56 bits per heavy atom. The molecule has 0 unspecified atom stereocenters. The molecule has 0 radical (unpaired) electrons. The zero-order chi connectivity index (χ0) is 13.2. The minimum absolute atomic E-state index is 0.190. The van der Waals surface area contributed by atoms with Crippen LogP contribution in [0.4, 0.5) is 10.1 Å². The molecule has 2 N–H and O–H groups in total. The van der Waals surface area contributed by atoms with E-state index in [0.29, 0.717) is 6.61 Å². The molecule has 0 atom stereocenters. The third-order valence-corrected chi connectivity index (χ3v) is 2.98. The van der Waals surface area contributed by atoms with Gasteiger partial charge in [-0.25, -0.2) is 4.39 Å². The van der Waals surface area contributed by atoms with Crippen molar-refractivity contribution in [3.05, 3.63) is 29.6 Å². The smallest absolute Gasteiger partial charge is 0.146 e. The zero-order valence-corrected chi connectivity index (χ0v) is 11.3. The van der Waals surface area contributed by atoms with Crippen LogP contribution in [0, 0.1) is 5.82 Å². The number of hydrogen-bond acceptors (Lipinski definition) is 2. The second-order valence-corrected chi connectivity index (χ2v) is 4.68. The first-order chi connectivity index (χ1) is 8.74. The summed E-state index contributed by atoms with van der Waals surface area (Å²) in [5.74, 6) is -0.365. The van der Waals surface area contributed by atoms with Gasteiger partial charge in [-0.2, -0.15) is 0 Å². The van der Waals surface area contributed by atoms with E-state index in [-0.39, 0.29) is 11.5 Å². The van der Waals surface area contributed by atoms with Crippen molar-refractivity contribution in [2.24, 2.45) is 0 Å². The van der Waals surface area contributed by atoms with Crippen molar-refractivity contribution < 1.29 is 9.13 Å². The number of unbranched alkanes of at least 4 members (excludes halogenated alkanes) is 5. The van der Waals surface area contributed by atoms with Crippen LogP contribution in [-0.4, -0.2) is 6.61 Å². The molecule has 0 heterocycles. The molecule has 0 bridgehead atoms. The van der Waals surface area contributed by atoms with Crippen molar-refractivity contribution in [1.82, 2.24) is 0 Å². The molecular formula is C15H24FNO. The molecule has 3 heteroatoms. The maximum atomic E-state index is 13.1. The number of anilines is 1. The number of benzene rings is 1. The van der Waals surface area contributed by atoms with Gasteiger partial charge in [0, 0.05) is 6.61 Å². The van der Waals surface area contributed by atoms with Gasteiger partial charge in [-0.15, -0.1) is 0 Å². The molecule has 0 aliphatic rings. The van der Waals surface area contributed by atoms with Crippen LogP contribution in [0.2, 0.25) is 0 Å². The molecule has 0 fully saturated rings. The van der Waals surface area contributed by atoms with Crippen LogP contribution in [0.1, 0.15) is 51.0 Å². The lowest BCUT2D eigenvalue weighted by Gasteiger charge is -2.05. The zero-order valence-electron chi connectivity index (χ0n) is 11.3. The Balaban J connectivity index is 2.05. The van der Waals surface area contributed by atoms with Crippen molar-refractivity contribution in [2.75, 3.05) is 12.3 Å². The topological polar surface area (TPSA) is 35.2 Å². The van der Waals surface area contributed by atoms with Gasteiger partial charge in [0.2, 0.25) is 0 Å². The molecule has 0 saturated carbocycles. The molecule has 2 nitrogen and oxygen atoms in total. The Labute approximate surface area is 109 Å². The highest BCUT2D eigenvalue weighted by Crippen LogP contribution is 2.13. The number of hydrogen-bond donors (Lipinski definition) is 1. The molecule has 18 heavy (non-hydrogen) atoms. The fraction of sp³-hybridized carbons (Fsp3) is 0.600. The van der Waals surface area contributed by atoms with Gasteiger partial charge >= 0.3 is 0 Å². The summed E-state index contributed by atoms with van der Waals surface area (Å²) < 4.78 is 18.7. The monoisotopic (exact) mass is 253 g/mol. The van der Waals surface area contributed by atoms with E-state index >= 15 is 0 Å². The van der Waals surface area contributed by atoms with Crippen LogP contribution in [0.5, 0.6) is 0 Å². The number of nitrogens with two attached hydrogens (primary N) is 1. The fourth-order valence-electron chi connectivity index (χ4n) is 1.83. The fourth-order valence-corrected chi connectivity index (χ4v) is 1.83. The number of ether oxygens (including phenoxy) is 1. The number of rotatable bonds is 9. The molecular weight excluding hydrogens is 229 g/mol. The van der Waals surface area contributed by atoms with Crippen LogP contribution in [0.25, 0.3) is 0 Å². The SMILES string of the molecule is CCCCCCCCOCc1ccc(N)c(F)c1. The van der Waals surface area contributed by atoms with Crippen molar-refractivity contribution in [2.45, 2.75) is 52.1 Å². The highest BCUT2D eigenvalue weighted by molar-refractivity contribution is 5.41. The molecule has 0 amide bonds. The Kier molecular flexibility index (Phi) is 7.42. The van der Waals surface area contributed by atoms with Crippen molar-refractivity contribution >= 4 is 5.69 Å². The molecule has 0 aliphatic carbocycles. The predicted molar refractivity (Wildman–Crippen MR) is 73.8 cm³/mol. The van der Waals surface area contributed by atoms with Gasteiger partial charge in [-0.1, -0.05) is 45.1 Å². The largest absolute Gasteiger partial charge is 0.396 e. The highest BCUT2D eigenvalue weighted by atomic mass is 19.1. The first-order valence-electron chi connectivity index (χ1n) is 6.85. The minimum Gasteiger partial charge on any atom is -0.396 e. The first kappa shape index (κ1) is 15.0. The van der Waals surface area contributed by atoms with E-state index in [4.69, 9.17) is 10.5 Å². The summed E-state index contributed by atoms with van der Waals surface area (Å²) in [6.07, 6.45) is 7.51. The van der Waals surface area contributed by atoms with Gasteiger partial charge in [-0.3, -0.25) is 0 Å². The lowest BCUT2D eigenvalue weighted by atomic mass is 10.1. The van der Waals surface area contributed by atoms with Crippen LogP contribution in [-0.2, 0) is 11.3 Å². The van der Waals surface area contributed by atoms with Crippen LogP contribution in [0.3, 0.4) is 0 Å². The Bertz CT molecular complexity index is 341. The molecule has 0 aliphatic heterocycles. The number of nitrogen functional groups attached to an aromatic ring is 1.